The highest BCUT2D eigenvalue weighted by molar-refractivity contribution is 5.66. The van der Waals surface area contributed by atoms with Crippen molar-refractivity contribution in [2.75, 3.05) is 21.1 Å². The van der Waals surface area contributed by atoms with Crippen molar-refractivity contribution >= 4 is 0 Å². The summed E-state index contributed by atoms with van der Waals surface area (Å²) >= 11 is 0. The van der Waals surface area contributed by atoms with Crippen molar-refractivity contribution in [3.63, 3.8) is 0 Å². The predicted molar refractivity (Wildman–Crippen MR) is 127 cm³/mol. The molecule has 4 aromatic rings. The Balaban J connectivity index is 1.49. The molecule has 3 N–H and O–H groups in total. The summed E-state index contributed by atoms with van der Waals surface area (Å²) in [5.41, 5.74) is 4.87. The number of rotatable bonds is 8. The summed E-state index contributed by atoms with van der Waals surface area (Å²) in [6.07, 6.45) is 8.34. The van der Waals surface area contributed by atoms with E-state index in [0.717, 1.165) is 46.1 Å². The Morgan fingerprint density at radius 2 is 1.38 bits per heavy atom. The monoisotopic (exact) mass is 430 g/mol. The van der Waals surface area contributed by atoms with Crippen molar-refractivity contribution in [1.82, 2.24) is 40.1 Å². The molecule has 0 aliphatic carbocycles. The number of imidazole rings is 2. The molecule has 0 spiro atoms. The van der Waals surface area contributed by atoms with E-state index in [9.17, 15) is 0 Å². The van der Waals surface area contributed by atoms with Gasteiger partial charge in [-0.2, -0.15) is 0 Å². The van der Waals surface area contributed by atoms with Gasteiger partial charge < -0.3 is 15.3 Å². The van der Waals surface area contributed by atoms with Gasteiger partial charge in [-0.25, -0.2) is 19.9 Å². The average molecular weight is 431 g/mol. The van der Waals surface area contributed by atoms with Crippen LogP contribution in [0.2, 0.25) is 0 Å². The predicted octanol–water partition coefficient (Wildman–Crippen LogP) is 4.22. The Kier molecular flexibility index (Phi) is 6.43. The molecular formula is C24H30N8. The number of hydrogen-bond acceptors (Lipinski definition) is 6. The third-order valence-corrected chi connectivity index (χ3v) is 5.86. The van der Waals surface area contributed by atoms with Crippen molar-refractivity contribution in [1.29, 1.82) is 0 Å². The molecule has 3 heterocycles. The van der Waals surface area contributed by atoms with E-state index in [4.69, 9.17) is 0 Å². The van der Waals surface area contributed by atoms with Gasteiger partial charge in [-0.05, 0) is 40.1 Å². The number of nitrogens with one attached hydrogen (secondary N) is 3. The van der Waals surface area contributed by atoms with Gasteiger partial charge in [-0.15, -0.1) is 0 Å². The Morgan fingerprint density at radius 1 is 0.812 bits per heavy atom. The lowest BCUT2D eigenvalue weighted by atomic mass is 10.1. The first-order valence-electron chi connectivity index (χ1n) is 10.9. The van der Waals surface area contributed by atoms with Gasteiger partial charge in [0.05, 0.1) is 35.9 Å². The van der Waals surface area contributed by atoms with Crippen molar-refractivity contribution in [2.24, 2.45) is 0 Å². The molecule has 8 heteroatoms. The second-order valence-corrected chi connectivity index (χ2v) is 8.13. The molecule has 0 aliphatic heterocycles. The second kappa shape index (κ2) is 9.42. The van der Waals surface area contributed by atoms with E-state index >= 15 is 0 Å². The lowest BCUT2D eigenvalue weighted by Crippen LogP contribution is -2.17. The van der Waals surface area contributed by atoms with Crippen LogP contribution in [0.1, 0.15) is 44.0 Å². The zero-order valence-corrected chi connectivity index (χ0v) is 19.2. The fourth-order valence-corrected chi connectivity index (χ4v) is 3.55. The number of aromatic amines is 2. The molecule has 0 bridgehead atoms. The van der Waals surface area contributed by atoms with Gasteiger partial charge in [0.2, 0.25) is 0 Å². The maximum atomic E-state index is 4.57. The molecule has 2 atom stereocenters. The number of hydrogen-bond donors (Lipinski definition) is 3. The molecule has 0 saturated heterocycles. The third kappa shape index (κ3) is 4.46. The molecule has 0 unspecified atom stereocenters. The van der Waals surface area contributed by atoms with Crippen LogP contribution in [0.3, 0.4) is 0 Å². The number of nitrogens with zero attached hydrogens (tertiary/aromatic N) is 5. The normalized spacial score (nSPS) is 13.4. The fraction of sp³-hybridized carbons (Fsp3) is 0.333. The Bertz CT molecular complexity index is 1060. The molecule has 166 valence electrons. The highest BCUT2D eigenvalue weighted by atomic mass is 15.1. The summed E-state index contributed by atoms with van der Waals surface area (Å²) in [4.78, 5) is 27.1. The molecule has 0 amide bonds. The van der Waals surface area contributed by atoms with Crippen LogP contribution in [0.15, 0.2) is 49.1 Å². The third-order valence-electron chi connectivity index (χ3n) is 5.86. The summed E-state index contributed by atoms with van der Waals surface area (Å²) in [5, 5.41) is 3.26. The zero-order chi connectivity index (χ0) is 22.7. The summed E-state index contributed by atoms with van der Waals surface area (Å²) in [5.74, 6) is 2.56. The second-order valence-electron chi connectivity index (χ2n) is 8.13. The van der Waals surface area contributed by atoms with Crippen LogP contribution >= 0.6 is 0 Å². The van der Waals surface area contributed by atoms with Gasteiger partial charge in [0.15, 0.2) is 5.82 Å². The summed E-state index contributed by atoms with van der Waals surface area (Å²) in [6.45, 7) is 4.25. The van der Waals surface area contributed by atoms with Gasteiger partial charge in [0.25, 0.3) is 0 Å². The van der Waals surface area contributed by atoms with Crippen LogP contribution in [-0.2, 0) is 0 Å². The number of aromatic nitrogens is 6. The Hall–Kier alpha value is -3.36. The molecule has 0 fully saturated rings. The minimum Gasteiger partial charge on any atom is -0.341 e. The maximum Gasteiger partial charge on any atom is 0.159 e. The van der Waals surface area contributed by atoms with Crippen LogP contribution < -0.4 is 5.32 Å². The quantitative estimate of drug-likeness (QED) is 0.387. The van der Waals surface area contributed by atoms with Crippen LogP contribution in [0, 0.1) is 0 Å². The fourth-order valence-electron chi connectivity index (χ4n) is 3.55. The number of H-pyrrole nitrogens is 2. The minimum absolute atomic E-state index is 0.208. The van der Waals surface area contributed by atoms with Gasteiger partial charge in [-0.3, -0.25) is 4.90 Å². The molecule has 8 nitrogen and oxygen atoms in total. The van der Waals surface area contributed by atoms with E-state index in [1.807, 2.05) is 58.1 Å². The van der Waals surface area contributed by atoms with Gasteiger partial charge in [-0.1, -0.05) is 31.2 Å². The van der Waals surface area contributed by atoms with E-state index < -0.39 is 0 Å². The largest absolute Gasteiger partial charge is 0.341 e. The van der Waals surface area contributed by atoms with Gasteiger partial charge >= 0.3 is 0 Å². The highest BCUT2D eigenvalue weighted by Gasteiger charge is 2.14. The number of benzene rings is 1. The van der Waals surface area contributed by atoms with Crippen molar-refractivity contribution < 1.29 is 0 Å². The van der Waals surface area contributed by atoms with E-state index in [1.54, 1.807) is 0 Å². The van der Waals surface area contributed by atoms with E-state index in [1.165, 1.54) is 0 Å². The topological polar surface area (TPSA) is 98.4 Å². The van der Waals surface area contributed by atoms with Gasteiger partial charge in [0.1, 0.15) is 11.6 Å². The molecule has 0 aliphatic rings. The van der Waals surface area contributed by atoms with E-state index in [0.29, 0.717) is 5.82 Å². The van der Waals surface area contributed by atoms with Crippen LogP contribution in [0.4, 0.5) is 0 Å². The zero-order valence-electron chi connectivity index (χ0n) is 19.2. The lowest BCUT2D eigenvalue weighted by molar-refractivity contribution is 0.310. The van der Waals surface area contributed by atoms with E-state index in [-0.39, 0.29) is 12.1 Å². The SMILES string of the molecule is CC[C@H](NC)c1ncc(-c2cnc(-c3ccc(-c4cnc([C@H](C)N(C)C)[nH]4)cc3)nc2)[nH]1. The summed E-state index contributed by atoms with van der Waals surface area (Å²) in [7, 11) is 6.03. The van der Waals surface area contributed by atoms with Crippen LogP contribution in [0.25, 0.3) is 33.9 Å². The minimum atomic E-state index is 0.208. The van der Waals surface area contributed by atoms with Crippen molar-refractivity contribution in [3.8, 4) is 33.9 Å². The Morgan fingerprint density at radius 3 is 1.97 bits per heavy atom. The lowest BCUT2D eigenvalue weighted by Gasteiger charge is -2.16. The first kappa shape index (κ1) is 21.9. The molecule has 32 heavy (non-hydrogen) atoms. The summed E-state index contributed by atoms with van der Waals surface area (Å²) < 4.78 is 0. The molecule has 4 rings (SSSR count). The van der Waals surface area contributed by atoms with Crippen molar-refractivity contribution in [2.45, 2.75) is 32.4 Å². The molecule has 3 aromatic heterocycles. The first-order chi connectivity index (χ1) is 15.5. The maximum absolute atomic E-state index is 4.57. The molecule has 0 saturated carbocycles. The average Bonchev–Trinajstić information content (AvgIpc) is 3.50. The van der Waals surface area contributed by atoms with Crippen LogP contribution in [0.5, 0.6) is 0 Å². The first-order valence-corrected chi connectivity index (χ1v) is 10.9. The Labute approximate surface area is 188 Å². The highest BCUT2D eigenvalue weighted by Crippen LogP contribution is 2.25. The standard InChI is InChI=1S/C24H30N8/c1-6-19(25-3)24-29-14-21(31-24)18-11-26-23(27-12-18)17-9-7-16(8-10-17)20-13-28-22(30-20)15(2)32(4)5/h7-15,19,25H,6H2,1-5H3,(H,28,30)(H,29,31)/t15-,19-/m0/s1. The van der Waals surface area contributed by atoms with Gasteiger partial charge in [0, 0.05) is 23.5 Å². The van der Waals surface area contributed by atoms with Crippen LogP contribution in [-0.4, -0.2) is 55.9 Å². The molecule has 0 radical (unpaired) electrons. The summed E-state index contributed by atoms with van der Waals surface area (Å²) in [6, 6.07) is 8.63. The van der Waals surface area contributed by atoms with E-state index in [2.05, 4.69) is 66.1 Å². The molecular weight excluding hydrogens is 400 g/mol. The smallest absolute Gasteiger partial charge is 0.159 e. The molecule has 1 aromatic carbocycles. The van der Waals surface area contributed by atoms with Crippen molar-refractivity contribution in [3.05, 3.63) is 60.7 Å².